The number of nitrogens with one attached hydrogen (secondary N) is 2. The summed E-state index contributed by atoms with van der Waals surface area (Å²) in [6, 6.07) is 17.1. The maximum atomic E-state index is 13.4. The minimum atomic E-state index is -0.229. The fraction of sp³-hybridized carbons (Fsp3) is 0.320. The van der Waals surface area contributed by atoms with E-state index in [0.717, 1.165) is 60.4 Å². The van der Waals surface area contributed by atoms with Gasteiger partial charge in [0, 0.05) is 30.0 Å². The van der Waals surface area contributed by atoms with Crippen molar-refractivity contribution in [2.24, 2.45) is 11.7 Å². The summed E-state index contributed by atoms with van der Waals surface area (Å²) in [5, 5.41) is 7.54. The Morgan fingerprint density at radius 1 is 1.03 bits per heavy atom. The molecule has 4 N–H and O–H groups in total. The van der Waals surface area contributed by atoms with Crippen LogP contribution in [0.4, 0.5) is 15.9 Å². The van der Waals surface area contributed by atoms with Gasteiger partial charge in [-0.25, -0.2) is 9.37 Å². The van der Waals surface area contributed by atoms with Crippen LogP contribution in [-0.2, 0) is 6.54 Å². The van der Waals surface area contributed by atoms with Gasteiger partial charge in [-0.05, 0) is 79.6 Å². The molecule has 0 spiro atoms. The fourth-order valence-corrected chi connectivity index (χ4v) is 4.35. The maximum Gasteiger partial charge on any atom is 0.126 e. The summed E-state index contributed by atoms with van der Waals surface area (Å²) >= 11 is 6.49. The summed E-state index contributed by atoms with van der Waals surface area (Å²) in [6.45, 7) is 1.32. The van der Waals surface area contributed by atoms with Crippen molar-refractivity contribution in [3.8, 4) is 11.1 Å². The van der Waals surface area contributed by atoms with Crippen molar-refractivity contribution in [2.45, 2.75) is 38.3 Å². The molecule has 1 aliphatic carbocycles. The van der Waals surface area contributed by atoms with Crippen LogP contribution in [0.25, 0.3) is 11.1 Å². The third-order valence-electron chi connectivity index (χ3n) is 5.95. The monoisotopic (exact) mass is 438 g/mol. The molecule has 0 bridgehead atoms. The third kappa shape index (κ3) is 5.75. The van der Waals surface area contributed by atoms with E-state index in [-0.39, 0.29) is 5.82 Å². The molecule has 0 radical (unpaired) electrons. The van der Waals surface area contributed by atoms with E-state index in [9.17, 15) is 4.39 Å². The smallest absolute Gasteiger partial charge is 0.126 e. The van der Waals surface area contributed by atoms with Crippen LogP contribution < -0.4 is 16.4 Å². The van der Waals surface area contributed by atoms with Crippen LogP contribution in [0.5, 0.6) is 0 Å². The number of nitrogens with zero attached hydrogens (tertiary/aromatic N) is 1. The van der Waals surface area contributed by atoms with Gasteiger partial charge in [-0.2, -0.15) is 0 Å². The first-order chi connectivity index (χ1) is 15.1. The Bertz CT molecular complexity index is 1020. The normalized spacial score (nSPS) is 18.5. The maximum absolute atomic E-state index is 13.4. The quantitative estimate of drug-likeness (QED) is 0.418. The Kier molecular flexibility index (Phi) is 7.05. The number of nitrogens with two attached hydrogens (primary N) is 1. The van der Waals surface area contributed by atoms with Crippen molar-refractivity contribution in [2.75, 3.05) is 17.2 Å². The molecule has 1 fully saturated rings. The van der Waals surface area contributed by atoms with E-state index >= 15 is 0 Å². The molecule has 4 rings (SSSR count). The average molecular weight is 439 g/mol. The number of halogens is 2. The second-order valence-electron chi connectivity index (χ2n) is 8.21. The zero-order valence-electron chi connectivity index (χ0n) is 17.5. The van der Waals surface area contributed by atoms with Gasteiger partial charge < -0.3 is 16.4 Å². The number of benzene rings is 2. The van der Waals surface area contributed by atoms with Crippen LogP contribution in [0.2, 0.25) is 5.02 Å². The van der Waals surface area contributed by atoms with Crippen molar-refractivity contribution in [1.82, 2.24) is 4.98 Å². The Morgan fingerprint density at radius 3 is 2.61 bits per heavy atom. The largest absolute Gasteiger partial charge is 0.381 e. The number of hydrogen-bond donors (Lipinski definition) is 3. The molecule has 31 heavy (non-hydrogen) atoms. The predicted molar refractivity (Wildman–Crippen MR) is 127 cm³/mol. The van der Waals surface area contributed by atoms with Crippen LogP contribution in [0, 0.1) is 11.7 Å². The first-order valence-corrected chi connectivity index (χ1v) is 11.2. The van der Waals surface area contributed by atoms with Gasteiger partial charge in [0.2, 0.25) is 0 Å². The summed E-state index contributed by atoms with van der Waals surface area (Å²) in [4.78, 5) is 4.49. The standard InChI is InChI=1S/C25H28ClFN4/c26-24-16-30-25(31-21-9-7-17(14-28)8-10-21)13-23(24)19-4-2-6-22(12-19)29-15-18-3-1-5-20(27)11-18/h1-6,11-13,16-17,21,29H,7-10,14-15,28H2,(H,30,31)/t17-,21-. The second-order valence-corrected chi connectivity index (χ2v) is 8.62. The van der Waals surface area contributed by atoms with E-state index in [4.69, 9.17) is 17.3 Å². The van der Waals surface area contributed by atoms with Crippen molar-refractivity contribution in [3.05, 3.63) is 77.2 Å². The van der Waals surface area contributed by atoms with Gasteiger partial charge in [-0.15, -0.1) is 0 Å². The van der Waals surface area contributed by atoms with Gasteiger partial charge in [0.25, 0.3) is 0 Å². The van der Waals surface area contributed by atoms with Crippen molar-refractivity contribution in [3.63, 3.8) is 0 Å². The Labute approximate surface area is 188 Å². The minimum Gasteiger partial charge on any atom is -0.381 e. The second kappa shape index (κ2) is 10.1. The molecule has 2 aromatic carbocycles. The minimum absolute atomic E-state index is 0.229. The highest BCUT2D eigenvalue weighted by molar-refractivity contribution is 6.33. The van der Waals surface area contributed by atoms with Gasteiger partial charge >= 0.3 is 0 Å². The molecular weight excluding hydrogens is 411 g/mol. The lowest BCUT2D eigenvalue weighted by molar-refractivity contribution is 0.344. The predicted octanol–water partition coefficient (Wildman–Crippen LogP) is 6.08. The molecule has 1 aromatic heterocycles. The lowest BCUT2D eigenvalue weighted by Gasteiger charge is -2.28. The van der Waals surface area contributed by atoms with E-state index in [0.29, 0.717) is 23.5 Å². The van der Waals surface area contributed by atoms with Gasteiger partial charge in [0.15, 0.2) is 0 Å². The molecule has 0 aliphatic heterocycles. The van der Waals surface area contributed by atoms with E-state index < -0.39 is 0 Å². The fourth-order valence-electron chi connectivity index (χ4n) is 4.14. The SMILES string of the molecule is NC[C@H]1CC[C@H](Nc2cc(-c3cccc(NCc4cccc(F)c4)c3)c(Cl)cn2)CC1. The summed E-state index contributed by atoms with van der Waals surface area (Å²) < 4.78 is 13.4. The van der Waals surface area contributed by atoms with Crippen molar-refractivity contribution < 1.29 is 4.39 Å². The van der Waals surface area contributed by atoms with Crippen molar-refractivity contribution in [1.29, 1.82) is 0 Å². The third-order valence-corrected chi connectivity index (χ3v) is 6.25. The lowest BCUT2D eigenvalue weighted by atomic mass is 9.86. The molecule has 3 aromatic rings. The molecule has 1 aliphatic rings. The topological polar surface area (TPSA) is 63.0 Å². The van der Waals surface area contributed by atoms with Gasteiger partial charge in [-0.1, -0.05) is 35.9 Å². The number of anilines is 2. The highest BCUT2D eigenvalue weighted by Crippen LogP contribution is 2.32. The zero-order valence-corrected chi connectivity index (χ0v) is 18.2. The Hall–Kier alpha value is -2.63. The molecular formula is C25H28ClFN4. The van der Waals surface area contributed by atoms with Crippen LogP contribution >= 0.6 is 11.6 Å². The van der Waals surface area contributed by atoms with E-state index in [1.54, 1.807) is 12.3 Å². The van der Waals surface area contributed by atoms with E-state index in [1.807, 2.05) is 30.3 Å². The van der Waals surface area contributed by atoms with Crippen LogP contribution in [0.15, 0.2) is 60.8 Å². The summed E-state index contributed by atoms with van der Waals surface area (Å²) in [6.07, 6.45) is 6.25. The molecule has 4 nitrogen and oxygen atoms in total. The molecule has 1 heterocycles. The Balaban J connectivity index is 1.46. The van der Waals surface area contributed by atoms with Gasteiger partial charge in [-0.3, -0.25) is 0 Å². The summed E-state index contributed by atoms with van der Waals surface area (Å²) in [5.41, 5.74) is 9.59. The lowest BCUT2D eigenvalue weighted by Crippen LogP contribution is -2.29. The average Bonchev–Trinajstić information content (AvgIpc) is 2.80. The zero-order chi connectivity index (χ0) is 21.6. The van der Waals surface area contributed by atoms with Crippen molar-refractivity contribution >= 4 is 23.1 Å². The van der Waals surface area contributed by atoms with Gasteiger partial charge in [0.05, 0.1) is 5.02 Å². The molecule has 0 amide bonds. The van der Waals surface area contributed by atoms with Gasteiger partial charge in [0.1, 0.15) is 11.6 Å². The first-order valence-electron chi connectivity index (χ1n) is 10.8. The molecule has 0 saturated heterocycles. The van der Waals surface area contributed by atoms with Crippen LogP contribution in [0.3, 0.4) is 0 Å². The number of rotatable bonds is 7. The Morgan fingerprint density at radius 2 is 1.84 bits per heavy atom. The van der Waals surface area contributed by atoms with Crippen LogP contribution in [0.1, 0.15) is 31.2 Å². The molecule has 6 heteroatoms. The summed E-state index contributed by atoms with van der Waals surface area (Å²) in [7, 11) is 0. The molecule has 162 valence electrons. The highest BCUT2D eigenvalue weighted by atomic mass is 35.5. The molecule has 1 saturated carbocycles. The molecule has 0 unspecified atom stereocenters. The number of hydrogen-bond acceptors (Lipinski definition) is 4. The number of pyridine rings is 1. The van der Waals surface area contributed by atoms with E-state index in [1.165, 1.54) is 12.1 Å². The van der Waals surface area contributed by atoms with Crippen LogP contribution in [-0.4, -0.2) is 17.6 Å². The highest BCUT2D eigenvalue weighted by Gasteiger charge is 2.20. The summed E-state index contributed by atoms with van der Waals surface area (Å²) in [5.74, 6) is 1.26. The number of aromatic nitrogens is 1. The van der Waals surface area contributed by atoms with E-state index in [2.05, 4.69) is 21.7 Å². The molecule has 0 atom stereocenters. The first kappa shape index (κ1) is 21.6.